The van der Waals surface area contributed by atoms with Crippen molar-refractivity contribution in [1.82, 2.24) is 5.32 Å². The predicted octanol–water partition coefficient (Wildman–Crippen LogP) is 3.24. The number of para-hydroxylation sites is 1. The van der Waals surface area contributed by atoms with Crippen molar-refractivity contribution in [3.05, 3.63) is 59.7 Å². The first kappa shape index (κ1) is 19.0. The summed E-state index contributed by atoms with van der Waals surface area (Å²) in [6.07, 6.45) is 2.18. The Hall–Kier alpha value is -2.82. The molecule has 0 spiro atoms. The summed E-state index contributed by atoms with van der Waals surface area (Å²) in [6, 6.07) is 15.8. The summed E-state index contributed by atoms with van der Waals surface area (Å²) in [5.74, 6) is 0.0777. The summed E-state index contributed by atoms with van der Waals surface area (Å²) < 4.78 is 0. The molecule has 1 N–H and O–H groups in total. The van der Waals surface area contributed by atoms with Crippen LogP contribution >= 0.6 is 0 Å². The molecule has 3 rings (SSSR count). The number of carbonyl (C=O) groups is 2. The second-order valence-corrected chi connectivity index (χ2v) is 6.86. The SMILES string of the molecule is CCC(=O)N1CCc2cc(C(=O)NCCCN(C)c3ccccc3)ccc21. The normalized spacial score (nSPS) is 12.6. The lowest BCUT2D eigenvalue weighted by molar-refractivity contribution is -0.118. The molecule has 0 unspecified atom stereocenters. The van der Waals surface area contributed by atoms with Gasteiger partial charge in [0, 0.05) is 50.0 Å². The molecule has 0 bridgehead atoms. The Kier molecular flexibility index (Phi) is 6.12. The van der Waals surface area contributed by atoms with Gasteiger partial charge in [0.1, 0.15) is 0 Å². The zero-order valence-electron chi connectivity index (χ0n) is 16.1. The first-order valence-corrected chi connectivity index (χ1v) is 9.58. The zero-order valence-corrected chi connectivity index (χ0v) is 16.1. The van der Waals surface area contributed by atoms with Crippen molar-refractivity contribution in [2.24, 2.45) is 0 Å². The Balaban J connectivity index is 1.50. The molecule has 0 saturated heterocycles. The van der Waals surface area contributed by atoms with E-state index in [-0.39, 0.29) is 11.8 Å². The molecule has 5 nitrogen and oxygen atoms in total. The second-order valence-electron chi connectivity index (χ2n) is 6.86. The Morgan fingerprint density at radius 2 is 1.93 bits per heavy atom. The number of anilines is 2. The molecule has 5 heteroatoms. The first-order valence-electron chi connectivity index (χ1n) is 9.58. The van der Waals surface area contributed by atoms with Gasteiger partial charge in [-0.05, 0) is 48.7 Å². The van der Waals surface area contributed by atoms with Crippen LogP contribution in [0.1, 0.15) is 35.7 Å². The average molecular weight is 365 g/mol. The zero-order chi connectivity index (χ0) is 19.2. The van der Waals surface area contributed by atoms with Gasteiger partial charge in [-0.25, -0.2) is 0 Å². The van der Waals surface area contributed by atoms with Gasteiger partial charge < -0.3 is 15.1 Å². The minimum atomic E-state index is -0.0552. The largest absolute Gasteiger partial charge is 0.375 e. The van der Waals surface area contributed by atoms with Crippen LogP contribution < -0.4 is 15.1 Å². The number of nitrogens with one attached hydrogen (secondary N) is 1. The van der Waals surface area contributed by atoms with Crippen LogP contribution in [0.5, 0.6) is 0 Å². The maximum Gasteiger partial charge on any atom is 0.251 e. The molecule has 1 aliphatic rings. The molecular formula is C22H27N3O2. The number of rotatable bonds is 7. The van der Waals surface area contributed by atoms with E-state index in [2.05, 4.69) is 29.4 Å². The summed E-state index contributed by atoms with van der Waals surface area (Å²) in [4.78, 5) is 28.4. The molecule has 1 aliphatic heterocycles. The summed E-state index contributed by atoms with van der Waals surface area (Å²) in [7, 11) is 2.06. The number of carbonyl (C=O) groups excluding carboxylic acids is 2. The fourth-order valence-electron chi connectivity index (χ4n) is 3.42. The Labute approximate surface area is 161 Å². The Morgan fingerprint density at radius 1 is 1.15 bits per heavy atom. The highest BCUT2D eigenvalue weighted by Gasteiger charge is 2.24. The average Bonchev–Trinajstić information content (AvgIpc) is 3.14. The predicted molar refractivity (Wildman–Crippen MR) is 109 cm³/mol. The molecule has 1 heterocycles. The number of nitrogens with zero attached hydrogens (tertiary/aromatic N) is 2. The van der Waals surface area contributed by atoms with Gasteiger partial charge in [-0.1, -0.05) is 25.1 Å². The van der Waals surface area contributed by atoms with E-state index in [1.54, 1.807) is 0 Å². The molecule has 27 heavy (non-hydrogen) atoms. The minimum absolute atomic E-state index is 0.0552. The quantitative estimate of drug-likeness (QED) is 0.767. The van der Waals surface area contributed by atoms with E-state index < -0.39 is 0 Å². The fraction of sp³-hybridized carbons (Fsp3) is 0.364. The monoisotopic (exact) mass is 365 g/mol. The molecule has 0 aliphatic carbocycles. The highest BCUT2D eigenvalue weighted by molar-refractivity contribution is 5.98. The molecule has 0 atom stereocenters. The van der Waals surface area contributed by atoms with Crippen LogP contribution in [0.2, 0.25) is 0 Å². The summed E-state index contributed by atoms with van der Waals surface area (Å²) >= 11 is 0. The van der Waals surface area contributed by atoms with E-state index in [1.165, 1.54) is 5.69 Å². The van der Waals surface area contributed by atoms with Gasteiger partial charge in [0.15, 0.2) is 0 Å². The lowest BCUT2D eigenvalue weighted by Gasteiger charge is -2.19. The topological polar surface area (TPSA) is 52.7 Å². The van der Waals surface area contributed by atoms with E-state index in [0.717, 1.165) is 30.6 Å². The van der Waals surface area contributed by atoms with Crippen molar-refractivity contribution >= 4 is 23.2 Å². The van der Waals surface area contributed by atoms with Crippen LogP contribution in [0.4, 0.5) is 11.4 Å². The molecule has 142 valence electrons. The minimum Gasteiger partial charge on any atom is -0.375 e. The maximum atomic E-state index is 12.4. The van der Waals surface area contributed by atoms with Crippen LogP contribution in [0.3, 0.4) is 0 Å². The van der Waals surface area contributed by atoms with Crippen molar-refractivity contribution in [3.8, 4) is 0 Å². The van der Waals surface area contributed by atoms with Gasteiger partial charge in [0.25, 0.3) is 5.91 Å². The molecule has 2 aromatic carbocycles. The van der Waals surface area contributed by atoms with Crippen molar-refractivity contribution in [3.63, 3.8) is 0 Å². The van der Waals surface area contributed by atoms with Gasteiger partial charge in [0.05, 0.1) is 0 Å². The van der Waals surface area contributed by atoms with Crippen LogP contribution in [0.25, 0.3) is 0 Å². The molecular weight excluding hydrogens is 338 g/mol. The van der Waals surface area contributed by atoms with Crippen LogP contribution in [-0.4, -0.2) is 38.5 Å². The van der Waals surface area contributed by atoms with Gasteiger partial charge >= 0.3 is 0 Å². The van der Waals surface area contributed by atoms with E-state index in [4.69, 9.17) is 0 Å². The fourth-order valence-corrected chi connectivity index (χ4v) is 3.42. The van der Waals surface area contributed by atoms with Crippen LogP contribution in [0, 0.1) is 0 Å². The molecule has 0 fully saturated rings. The summed E-state index contributed by atoms with van der Waals surface area (Å²) in [6.45, 7) is 4.09. The smallest absolute Gasteiger partial charge is 0.251 e. The van der Waals surface area contributed by atoms with Gasteiger partial charge in [-0.2, -0.15) is 0 Å². The van der Waals surface area contributed by atoms with Crippen molar-refractivity contribution in [2.75, 3.05) is 36.5 Å². The van der Waals surface area contributed by atoms with E-state index in [1.807, 2.05) is 48.2 Å². The number of benzene rings is 2. The molecule has 2 aromatic rings. The van der Waals surface area contributed by atoms with Crippen molar-refractivity contribution in [2.45, 2.75) is 26.2 Å². The van der Waals surface area contributed by atoms with Gasteiger partial charge in [-0.3, -0.25) is 9.59 Å². The number of fused-ring (bicyclic) bond motifs is 1. The standard InChI is InChI=1S/C22H27N3O2/c1-3-21(26)25-15-12-17-16-18(10-11-20(17)25)22(27)23-13-7-14-24(2)19-8-5-4-6-9-19/h4-6,8-11,16H,3,7,12-15H2,1-2H3,(H,23,27). The Bertz CT molecular complexity index is 804. The maximum absolute atomic E-state index is 12.4. The van der Waals surface area contributed by atoms with Crippen LogP contribution in [-0.2, 0) is 11.2 Å². The van der Waals surface area contributed by atoms with E-state index in [9.17, 15) is 9.59 Å². The third-order valence-corrected chi connectivity index (χ3v) is 4.99. The third-order valence-electron chi connectivity index (χ3n) is 4.99. The molecule has 0 saturated carbocycles. The molecule has 2 amide bonds. The van der Waals surface area contributed by atoms with E-state index >= 15 is 0 Å². The number of amides is 2. The molecule has 0 radical (unpaired) electrons. The van der Waals surface area contributed by atoms with Gasteiger partial charge in [-0.15, -0.1) is 0 Å². The highest BCUT2D eigenvalue weighted by Crippen LogP contribution is 2.29. The highest BCUT2D eigenvalue weighted by atomic mass is 16.2. The summed E-state index contributed by atoms with van der Waals surface area (Å²) in [5.41, 5.74) is 3.86. The lowest BCUT2D eigenvalue weighted by atomic mass is 10.1. The lowest BCUT2D eigenvalue weighted by Crippen LogP contribution is -2.28. The molecule has 0 aromatic heterocycles. The van der Waals surface area contributed by atoms with Crippen LogP contribution in [0.15, 0.2) is 48.5 Å². The first-order chi connectivity index (χ1) is 13.1. The van der Waals surface area contributed by atoms with Crippen molar-refractivity contribution < 1.29 is 9.59 Å². The number of hydrogen-bond acceptors (Lipinski definition) is 3. The Morgan fingerprint density at radius 3 is 2.67 bits per heavy atom. The summed E-state index contributed by atoms with van der Waals surface area (Å²) in [5, 5.41) is 3.00. The third kappa shape index (κ3) is 4.48. The number of hydrogen-bond donors (Lipinski definition) is 1. The van der Waals surface area contributed by atoms with E-state index in [0.29, 0.717) is 25.1 Å². The second kappa shape index (κ2) is 8.71. The van der Waals surface area contributed by atoms with Gasteiger partial charge in [0.2, 0.25) is 5.91 Å². The van der Waals surface area contributed by atoms with Crippen molar-refractivity contribution in [1.29, 1.82) is 0 Å².